The van der Waals surface area contributed by atoms with Crippen LogP contribution in [-0.4, -0.2) is 53.5 Å². The molecule has 1 aromatic carbocycles. The molecular formula is C15H22N2O2. The lowest BCUT2D eigenvalue weighted by molar-refractivity contribution is 0.0693. The minimum Gasteiger partial charge on any atom is -0.507 e. The maximum atomic E-state index is 12.6. The molecule has 0 saturated carbocycles. The zero-order chi connectivity index (χ0) is 14.0. The molecule has 0 radical (unpaired) electrons. The SMILES string of the molecule is Cc1ccc(O)c(C(=O)N2CCCN(C)CC2C)c1. The van der Waals surface area contributed by atoms with Crippen LogP contribution in [0.15, 0.2) is 18.2 Å². The van der Waals surface area contributed by atoms with E-state index in [-0.39, 0.29) is 17.7 Å². The molecule has 1 saturated heterocycles. The Bertz CT molecular complexity index is 473. The Kier molecular flexibility index (Phi) is 4.10. The van der Waals surface area contributed by atoms with Gasteiger partial charge in [0.15, 0.2) is 0 Å². The number of hydrogen-bond donors (Lipinski definition) is 1. The van der Waals surface area contributed by atoms with E-state index in [9.17, 15) is 9.90 Å². The van der Waals surface area contributed by atoms with E-state index in [2.05, 4.69) is 18.9 Å². The molecule has 4 heteroatoms. The second-order valence-corrected chi connectivity index (χ2v) is 5.48. The van der Waals surface area contributed by atoms with Gasteiger partial charge in [-0.3, -0.25) is 4.79 Å². The Morgan fingerprint density at radius 3 is 2.84 bits per heavy atom. The first-order chi connectivity index (χ1) is 8.99. The Morgan fingerprint density at radius 2 is 2.11 bits per heavy atom. The van der Waals surface area contributed by atoms with Crippen LogP contribution in [0.1, 0.15) is 29.3 Å². The van der Waals surface area contributed by atoms with E-state index in [1.165, 1.54) is 0 Å². The Morgan fingerprint density at radius 1 is 1.37 bits per heavy atom. The van der Waals surface area contributed by atoms with Crippen LogP contribution in [0.3, 0.4) is 0 Å². The van der Waals surface area contributed by atoms with Gasteiger partial charge < -0.3 is 14.9 Å². The molecule has 0 aromatic heterocycles. The fourth-order valence-corrected chi connectivity index (χ4v) is 2.65. The third-order valence-electron chi connectivity index (χ3n) is 3.69. The molecule has 1 aromatic rings. The molecule has 1 heterocycles. The second-order valence-electron chi connectivity index (χ2n) is 5.48. The number of amides is 1. The third-order valence-corrected chi connectivity index (χ3v) is 3.69. The zero-order valence-corrected chi connectivity index (χ0v) is 11.9. The van der Waals surface area contributed by atoms with Crippen LogP contribution in [0.4, 0.5) is 0 Å². The molecule has 1 fully saturated rings. The molecule has 1 unspecified atom stereocenters. The van der Waals surface area contributed by atoms with Crippen molar-refractivity contribution in [2.45, 2.75) is 26.3 Å². The minimum atomic E-state index is -0.0657. The Labute approximate surface area is 114 Å². The summed E-state index contributed by atoms with van der Waals surface area (Å²) in [5, 5.41) is 9.89. The highest BCUT2D eigenvalue weighted by Gasteiger charge is 2.26. The topological polar surface area (TPSA) is 43.8 Å². The highest BCUT2D eigenvalue weighted by molar-refractivity contribution is 5.97. The van der Waals surface area contributed by atoms with Gasteiger partial charge in [0, 0.05) is 19.1 Å². The summed E-state index contributed by atoms with van der Waals surface area (Å²) in [7, 11) is 2.08. The molecule has 1 atom stereocenters. The molecule has 1 aliphatic rings. The van der Waals surface area contributed by atoms with Crippen molar-refractivity contribution in [1.29, 1.82) is 0 Å². The van der Waals surface area contributed by atoms with Gasteiger partial charge in [0.2, 0.25) is 0 Å². The van der Waals surface area contributed by atoms with E-state index in [1.807, 2.05) is 17.9 Å². The van der Waals surface area contributed by atoms with E-state index in [0.29, 0.717) is 5.56 Å². The van der Waals surface area contributed by atoms with Crippen molar-refractivity contribution in [3.63, 3.8) is 0 Å². The smallest absolute Gasteiger partial charge is 0.257 e. The molecule has 1 amide bonds. The number of nitrogens with zero attached hydrogens (tertiary/aromatic N) is 2. The van der Waals surface area contributed by atoms with Gasteiger partial charge in [-0.1, -0.05) is 11.6 Å². The summed E-state index contributed by atoms with van der Waals surface area (Å²) >= 11 is 0. The van der Waals surface area contributed by atoms with E-state index < -0.39 is 0 Å². The van der Waals surface area contributed by atoms with E-state index in [0.717, 1.165) is 31.6 Å². The van der Waals surface area contributed by atoms with E-state index in [1.54, 1.807) is 12.1 Å². The summed E-state index contributed by atoms with van der Waals surface area (Å²) in [5.41, 5.74) is 1.40. The third kappa shape index (κ3) is 3.07. The molecule has 0 spiro atoms. The van der Waals surface area contributed by atoms with E-state index >= 15 is 0 Å². The lowest BCUT2D eigenvalue weighted by Crippen LogP contribution is -2.42. The average Bonchev–Trinajstić information content (AvgIpc) is 2.52. The summed E-state index contributed by atoms with van der Waals surface area (Å²) in [6.45, 7) is 6.62. The van der Waals surface area contributed by atoms with Gasteiger partial charge in [-0.25, -0.2) is 0 Å². The number of carbonyl (C=O) groups is 1. The summed E-state index contributed by atoms with van der Waals surface area (Å²) < 4.78 is 0. The molecule has 0 aliphatic carbocycles. The van der Waals surface area contributed by atoms with Crippen LogP contribution >= 0.6 is 0 Å². The molecule has 19 heavy (non-hydrogen) atoms. The molecule has 4 nitrogen and oxygen atoms in total. The van der Waals surface area contributed by atoms with Gasteiger partial charge >= 0.3 is 0 Å². The maximum Gasteiger partial charge on any atom is 0.257 e. The van der Waals surface area contributed by atoms with Gasteiger partial charge in [0.25, 0.3) is 5.91 Å². The summed E-state index contributed by atoms with van der Waals surface area (Å²) in [6, 6.07) is 5.34. The molecule has 104 valence electrons. The number of rotatable bonds is 1. The number of likely N-dealkylation sites (N-methyl/N-ethyl adjacent to an activating group) is 1. The quantitative estimate of drug-likeness (QED) is 0.840. The predicted octanol–water partition coefficient (Wildman–Crippen LogP) is 1.87. The number of aromatic hydroxyl groups is 1. The number of hydrogen-bond acceptors (Lipinski definition) is 3. The first-order valence-corrected chi connectivity index (χ1v) is 6.78. The standard InChI is InChI=1S/C15H22N2O2/c1-11-5-6-14(18)13(9-11)15(19)17-8-4-7-16(3)10-12(17)2/h5-6,9,12,18H,4,7-8,10H2,1-3H3. The molecule has 2 rings (SSSR count). The summed E-state index contributed by atoms with van der Waals surface area (Å²) in [5.74, 6) is 0.00408. The van der Waals surface area contributed by atoms with Crippen molar-refractivity contribution >= 4 is 5.91 Å². The molecule has 1 N–H and O–H groups in total. The van der Waals surface area contributed by atoms with Gasteiger partial charge in [0.05, 0.1) is 5.56 Å². The van der Waals surface area contributed by atoms with Gasteiger partial charge in [-0.05, 0) is 46.0 Å². The van der Waals surface area contributed by atoms with Crippen molar-refractivity contribution in [3.8, 4) is 5.75 Å². The maximum absolute atomic E-state index is 12.6. The second kappa shape index (κ2) is 5.61. The van der Waals surface area contributed by atoms with Crippen LogP contribution in [-0.2, 0) is 0 Å². The minimum absolute atomic E-state index is 0.0657. The van der Waals surface area contributed by atoms with Crippen LogP contribution in [0, 0.1) is 6.92 Å². The van der Waals surface area contributed by atoms with Crippen LogP contribution in [0.25, 0.3) is 0 Å². The molecule has 0 bridgehead atoms. The van der Waals surface area contributed by atoms with Gasteiger partial charge in [0.1, 0.15) is 5.75 Å². The molecule has 1 aliphatic heterocycles. The highest BCUT2D eigenvalue weighted by Crippen LogP contribution is 2.22. The van der Waals surface area contributed by atoms with Crippen LogP contribution < -0.4 is 0 Å². The van der Waals surface area contributed by atoms with Crippen molar-refractivity contribution < 1.29 is 9.90 Å². The number of aryl methyl sites for hydroxylation is 1. The average molecular weight is 262 g/mol. The Balaban J connectivity index is 2.25. The normalized spacial score (nSPS) is 21.2. The Hall–Kier alpha value is -1.55. The monoisotopic (exact) mass is 262 g/mol. The van der Waals surface area contributed by atoms with Crippen molar-refractivity contribution in [1.82, 2.24) is 9.80 Å². The predicted molar refractivity (Wildman–Crippen MR) is 75.5 cm³/mol. The number of benzene rings is 1. The van der Waals surface area contributed by atoms with Crippen molar-refractivity contribution in [2.24, 2.45) is 0 Å². The largest absolute Gasteiger partial charge is 0.507 e. The van der Waals surface area contributed by atoms with Crippen molar-refractivity contribution in [3.05, 3.63) is 29.3 Å². The van der Waals surface area contributed by atoms with Crippen LogP contribution in [0.2, 0.25) is 0 Å². The first kappa shape index (κ1) is 13.9. The lowest BCUT2D eigenvalue weighted by atomic mass is 10.1. The fourth-order valence-electron chi connectivity index (χ4n) is 2.65. The fraction of sp³-hybridized carbons (Fsp3) is 0.533. The number of phenolic OH excluding ortho intramolecular Hbond substituents is 1. The van der Waals surface area contributed by atoms with E-state index in [4.69, 9.17) is 0 Å². The number of carbonyl (C=O) groups excluding carboxylic acids is 1. The number of phenols is 1. The first-order valence-electron chi connectivity index (χ1n) is 6.78. The summed E-state index contributed by atoms with van der Waals surface area (Å²) in [6.07, 6.45) is 0.971. The van der Waals surface area contributed by atoms with Crippen LogP contribution in [0.5, 0.6) is 5.75 Å². The molecular weight excluding hydrogens is 240 g/mol. The summed E-state index contributed by atoms with van der Waals surface area (Å²) in [4.78, 5) is 16.7. The highest BCUT2D eigenvalue weighted by atomic mass is 16.3. The van der Waals surface area contributed by atoms with Crippen molar-refractivity contribution in [2.75, 3.05) is 26.7 Å². The van der Waals surface area contributed by atoms with Gasteiger partial charge in [-0.15, -0.1) is 0 Å². The lowest BCUT2D eigenvalue weighted by Gasteiger charge is -2.28. The zero-order valence-electron chi connectivity index (χ0n) is 11.9. The van der Waals surface area contributed by atoms with Gasteiger partial charge in [-0.2, -0.15) is 0 Å².